The molecule has 0 spiro atoms. The summed E-state index contributed by atoms with van der Waals surface area (Å²) >= 11 is 1.55. The third-order valence-electron chi connectivity index (χ3n) is 3.51. The maximum Gasteiger partial charge on any atom is 0.189 e. The smallest absolute Gasteiger partial charge is 0.189 e. The number of hydrogen-bond donors (Lipinski definition) is 2. The quantitative estimate of drug-likeness (QED) is 0.341. The number of aromatic nitrogens is 1. The van der Waals surface area contributed by atoms with Crippen molar-refractivity contribution in [2.45, 2.75) is 52.6 Å². The van der Waals surface area contributed by atoms with E-state index in [0.717, 1.165) is 28.8 Å². The summed E-state index contributed by atoms with van der Waals surface area (Å²) in [6.07, 6.45) is 5.21. The maximum atomic E-state index is 5.95. The van der Waals surface area contributed by atoms with E-state index in [0.29, 0.717) is 18.5 Å². The van der Waals surface area contributed by atoms with Gasteiger partial charge in [-0.3, -0.25) is 0 Å². The predicted molar refractivity (Wildman–Crippen MR) is 112 cm³/mol. The first kappa shape index (κ1) is 21.0. The van der Waals surface area contributed by atoms with Crippen LogP contribution in [0, 0.1) is 5.92 Å². The molecule has 0 fully saturated rings. The molecule has 0 saturated carbocycles. The molecule has 5 nitrogen and oxygen atoms in total. The zero-order valence-corrected chi connectivity index (χ0v) is 17.6. The molecule has 2 rings (SSSR count). The molecule has 3 N–H and O–H groups in total. The molecule has 0 bridgehead atoms. The number of thiazole rings is 1. The van der Waals surface area contributed by atoms with E-state index in [-0.39, 0.29) is 24.0 Å². The summed E-state index contributed by atoms with van der Waals surface area (Å²) in [6, 6.07) is 4.10. The van der Waals surface area contributed by atoms with Gasteiger partial charge in [0, 0.05) is 11.4 Å². The summed E-state index contributed by atoms with van der Waals surface area (Å²) in [5.74, 6) is 2.02. The average Bonchev–Trinajstić information content (AvgIpc) is 3.15. The van der Waals surface area contributed by atoms with E-state index in [4.69, 9.17) is 10.2 Å². The van der Waals surface area contributed by atoms with Gasteiger partial charge in [0.05, 0.1) is 18.5 Å². The first-order chi connectivity index (χ1) is 11.0. The number of halogens is 1. The standard InChI is InChI=1S/C17H26N4OS.HI/c1-12(2)6-4-7-13(3)20-17(18)19-10-14-11-23-16(21-14)15-8-5-9-22-15;/h5,8-9,11-13H,4,6-7,10H2,1-3H3,(H3,18,19,20);1H. The van der Waals surface area contributed by atoms with Gasteiger partial charge in [-0.05, 0) is 31.4 Å². The van der Waals surface area contributed by atoms with Gasteiger partial charge in [0.1, 0.15) is 0 Å². The molecule has 2 heterocycles. The van der Waals surface area contributed by atoms with Crippen LogP contribution in [0.3, 0.4) is 0 Å². The van der Waals surface area contributed by atoms with E-state index in [2.05, 4.69) is 36.1 Å². The highest BCUT2D eigenvalue weighted by molar-refractivity contribution is 14.0. The summed E-state index contributed by atoms with van der Waals surface area (Å²) in [6.45, 7) is 7.12. The molecule has 0 aliphatic heterocycles. The van der Waals surface area contributed by atoms with Gasteiger partial charge in [-0.25, -0.2) is 9.98 Å². The lowest BCUT2D eigenvalue weighted by Gasteiger charge is -2.14. The van der Waals surface area contributed by atoms with E-state index >= 15 is 0 Å². The van der Waals surface area contributed by atoms with E-state index in [1.165, 1.54) is 12.8 Å². The number of rotatable bonds is 8. The Bertz CT molecular complexity index is 610. The van der Waals surface area contributed by atoms with Crippen LogP contribution in [0.1, 0.15) is 45.7 Å². The molecule has 24 heavy (non-hydrogen) atoms. The van der Waals surface area contributed by atoms with Crippen molar-refractivity contribution < 1.29 is 4.42 Å². The molecule has 134 valence electrons. The zero-order chi connectivity index (χ0) is 16.7. The molecule has 0 aliphatic rings. The van der Waals surface area contributed by atoms with Crippen LogP contribution in [0.2, 0.25) is 0 Å². The molecule has 7 heteroatoms. The van der Waals surface area contributed by atoms with Crippen LogP contribution in [0.5, 0.6) is 0 Å². The number of nitrogens with two attached hydrogens (primary N) is 1. The van der Waals surface area contributed by atoms with Crippen molar-refractivity contribution in [3.8, 4) is 10.8 Å². The number of aliphatic imine (C=N–C) groups is 1. The van der Waals surface area contributed by atoms with Gasteiger partial charge in [0.25, 0.3) is 0 Å². The molecular formula is C17H27IN4OS. The summed E-state index contributed by atoms with van der Waals surface area (Å²) in [5, 5.41) is 6.10. The van der Waals surface area contributed by atoms with Crippen LogP contribution in [0.15, 0.2) is 33.2 Å². The fourth-order valence-electron chi connectivity index (χ4n) is 2.26. The Morgan fingerprint density at radius 3 is 2.83 bits per heavy atom. The number of hydrogen-bond acceptors (Lipinski definition) is 4. The van der Waals surface area contributed by atoms with Crippen molar-refractivity contribution in [3.63, 3.8) is 0 Å². The lowest BCUT2D eigenvalue weighted by molar-refractivity contribution is 0.493. The molecular weight excluding hydrogens is 435 g/mol. The Kier molecular flexibility index (Phi) is 9.35. The fourth-order valence-corrected chi connectivity index (χ4v) is 3.04. The first-order valence-corrected chi connectivity index (χ1v) is 8.97. The van der Waals surface area contributed by atoms with Gasteiger partial charge < -0.3 is 15.5 Å². The third kappa shape index (κ3) is 7.21. The second kappa shape index (κ2) is 10.7. The van der Waals surface area contributed by atoms with Crippen molar-refractivity contribution in [1.29, 1.82) is 0 Å². The number of guanidine groups is 1. The Hall–Kier alpha value is -1.09. The molecule has 1 unspecified atom stereocenters. The van der Waals surface area contributed by atoms with E-state index < -0.39 is 0 Å². The van der Waals surface area contributed by atoms with E-state index in [1.54, 1.807) is 17.6 Å². The monoisotopic (exact) mass is 462 g/mol. The molecule has 0 aromatic carbocycles. The summed E-state index contributed by atoms with van der Waals surface area (Å²) < 4.78 is 5.34. The first-order valence-electron chi connectivity index (χ1n) is 8.09. The Labute approximate surface area is 165 Å². The van der Waals surface area contributed by atoms with Crippen molar-refractivity contribution >= 4 is 41.3 Å². The summed E-state index contributed by atoms with van der Waals surface area (Å²) in [4.78, 5) is 8.88. The fraction of sp³-hybridized carbons (Fsp3) is 0.529. The normalized spacial score (nSPS) is 12.9. The Morgan fingerprint density at radius 1 is 1.38 bits per heavy atom. The highest BCUT2D eigenvalue weighted by Gasteiger charge is 2.07. The van der Waals surface area contributed by atoms with Crippen molar-refractivity contribution in [1.82, 2.24) is 10.3 Å². The Balaban J connectivity index is 0.00000288. The van der Waals surface area contributed by atoms with E-state index in [9.17, 15) is 0 Å². The molecule has 0 radical (unpaired) electrons. The minimum atomic E-state index is 0. The van der Waals surface area contributed by atoms with Gasteiger partial charge >= 0.3 is 0 Å². The van der Waals surface area contributed by atoms with Crippen LogP contribution < -0.4 is 11.1 Å². The maximum absolute atomic E-state index is 5.95. The molecule has 0 saturated heterocycles. The van der Waals surface area contributed by atoms with E-state index in [1.807, 2.05) is 17.5 Å². The van der Waals surface area contributed by atoms with Gasteiger partial charge in [-0.2, -0.15) is 0 Å². The summed E-state index contributed by atoms with van der Waals surface area (Å²) in [7, 11) is 0. The largest absolute Gasteiger partial charge is 0.462 e. The van der Waals surface area contributed by atoms with Crippen molar-refractivity contribution in [2.75, 3.05) is 0 Å². The lowest BCUT2D eigenvalue weighted by Crippen LogP contribution is -2.38. The van der Waals surface area contributed by atoms with Gasteiger partial charge in [-0.1, -0.05) is 26.7 Å². The number of furan rings is 1. The predicted octanol–water partition coefficient (Wildman–Crippen LogP) is 4.64. The molecule has 2 aromatic heterocycles. The van der Waals surface area contributed by atoms with Crippen LogP contribution >= 0.6 is 35.3 Å². The number of nitrogens with one attached hydrogen (secondary N) is 1. The van der Waals surface area contributed by atoms with Gasteiger partial charge in [0.15, 0.2) is 16.7 Å². The second-order valence-corrected chi connectivity index (χ2v) is 7.05. The SMILES string of the molecule is CC(C)CCCC(C)NC(N)=NCc1csc(-c2ccco2)n1.I. The summed E-state index contributed by atoms with van der Waals surface area (Å²) in [5.41, 5.74) is 6.85. The highest BCUT2D eigenvalue weighted by atomic mass is 127. The van der Waals surface area contributed by atoms with Crippen LogP contribution in [0.4, 0.5) is 0 Å². The molecule has 0 aliphatic carbocycles. The minimum absolute atomic E-state index is 0. The zero-order valence-electron chi connectivity index (χ0n) is 14.5. The van der Waals surface area contributed by atoms with Gasteiger partial charge in [-0.15, -0.1) is 35.3 Å². The third-order valence-corrected chi connectivity index (χ3v) is 4.41. The second-order valence-electron chi connectivity index (χ2n) is 6.19. The van der Waals surface area contributed by atoms with Crippen LogP contribution in [0.25, 0.3) is 10.8 Å². The van der Waals surface area contributed by atoms with Crippen molar-refractivity contribution in [3.05, 3.63) is 29.5 Å². The van der Waals surface area contributed by atoms with Crippen LogP contribution in [-0.2, 0) is 6.54 Å². The minimum Gasteiger partial charge on any atom is -0.462 e. The molecule has 1 atom stereocenters. The Morgan fingerprint density at radius 2 is 2.17 bits per heavy atom. The lowest BCUT2D eigenvalue weighted by atomic mass is 10.0. The van der Waals surface area contributed by atoms with Crippen LogP contribution in [-0.4, -0.2) is 17.0 Å². The van der Waals surface area contributed by atoms with Gasteiger partial charge in [0.2, 0.25) is 0 Å². The average molecular weight is 462 g/mol. The highest BCUT2D eigenvalue weighted by Crippen LogP contribution is 2.24. The molecule has 0 amide bonds. The number of nitrogens with zero attached hydrogens (tertiary/aromatic N) is 2. The van der Waals surface area contributed by atoms with Crippen molar-refractivity contribution in [2.24, 2.45) is 16.6 Å². The topological polar surface area (TPSA) is 76.4 Å². The molecule has 2 aromatic rings.